The zero-order valence-electron chi connectivity index (χ0n) is 14.8. The van der Waals surface area contributed by atoms with Crippen LogP contribution in [-0.4, -0.2) is 32.6 Å². The van der Waals surface area contributed by atoms with E-state index < -0.39 is 0 Å². The minimum absolute atomic E-state index is 0.136. The van der Waals surface area contributed by atoms with Crippen molar-refractivity contribution in [2.75, 3.05) is 7.05 Å². The highest BCUT2D eigenvalue weighted by atomic mass is 19.1. The third-order valence-corrected chi connectivity index (χ3v) is 4.42. The summed E-state index contributed by atoms with van der Waals surface area (Å²) in [7, 11) is 1.73. The maximum Gasteiger partial charge on any atom is 0.255 e. The van der Waals surface area contributed by atoms with Gasteiger partial charge in [0.15, 0.2) is 5.65 Å². The second kappa shape index (κ2) is 6.63. The van der Waals surface area contributed by atoms with Crippen LogP contribution in [0.25, 0.3) is 11.0 Å². The molecule has 130 valence electrons. The van der Waals surface area contributed by atoms with Crippen LogP contribution < -0.4 is 0 Å². The quantitative estimate of drug-likeness (QED) is 0.722. The lowest BCUT2D eigenvalue weighted by molar-refractivity contribution is 0.0742. The molecule has 1 amide bonds. The van der Waals surface area contributed by atoms with Crippen molar-refractivity contribution in [3.05, 3.63) is 59.7 Å². The predicted octanol–water partition coefficient (Wildman–Crippen LogP) is 3.98. The first-order chi connectivity index (χ1) is 11.9. The largest absolute Gasteiger partial charge is 0.335 e. The van der Waals surface area contributed by atoms with Crippen molar-refractivity contribution in [3.63, 3.8) is 0 Å². The average Bonchev–Trinajstić information content (AvgIpc) is 3.04. The highest BCUT2D eigenvalue weighted by Crippen LogP contribution is 2.22. The number of amides is 1. The van der Waals surface area contributed by atoms with Gasteiger partial charge in [-0.25, -0.2) is 14.1 Å². The maximum atomic E-state index is 13.1. The molecule has 2 heterocycles. The van der Waals surface area contributed by atoms with Gasteiger partial charge >= 0.3 is 0 Å². The number of benzene rings is 1. The summed E-state index contributed by atoms with van der Waals surface area (Å²) >= 11 is 0. The van der Waals surface area contributed by atoms with Gasteiger partial charge in [-0.05, 0) is 44.5 Å². The van der Waals surface area contributed by atoms with Crippen LogP contribution in [0.4, 0.5) is 4.39 Å². The van der Waals surface area contributed by atoms with Gasteiger partial charge in [-0.2, -0.15) is 5.10 Å². The van der Waals surface area contributed by atoms with E-state index in [9.17, 15) is 9.18 Å². The number of aromatic nitrogens is 3. The van der Waals surface area contributed by atoms with Gasteiger partial charge in [0.1, 0.15) is 5.82 Å². The minimum atomic E-state index is -0.290. The summed E-state index contributed by atoms with van der Waals surface area (Å²) in [6.45, 7) is 5.98. The van der Waals surface area contributed by atoms with Crippen LogP contribution in [0, 0.1) is 5.82 Å². The summed E-state index contributed by atoms with van der Waals surface area (Å²) in [5, 5.41) is 5.16. The van der Waals surface area contributed by atoms with E-state index in [-0.39, 0.29) is 23.8 Å². The number of halogens is 1. The molecule has 0 radical (unpaired) electrons. The van der Waals surface area contributed by atoms with E-state index in [1.54, 1.807) is 36.5 Å². The molecule has 0 saturated heterocycles. The van der Waals surface area contributed by atoms with Gasteiger partial charge in [-0.1, -0.05) is 12.1 Å². The Labute approximate surface area is 146 Å². The number of pyridine rings is 1. The molecular formula is C19H21FN4O. The second-order valence-electron chi connectivity index (χ2n) is 6.46. The molecule has 0 saturated carbocycles. The maximum absolute atomic E-state index is 13.1. The molecule has 1 unspecified atom stereocenters. The highest BCUT2D eigenvalue weighted by molar-refractivity contribution is 5.96. The van der Waals surface area contributed by atoms with Gasteiger partial charge in [0, 0.05) is 24.7 Å². The fourth-order valence-electron chi connectivity index (χ4n) is 2.78. The third kappa shape index (κ3) is 3.24. The van der Waals surface area contributed by atoms with Crippen molar-refractivity contribution in [2.45, 2.75) is 32.9 Å². The van der Waals surface area contributed by atoms with Crippen molar-refractivity contribution in [2.24, 2.45) is 0 Å². The molecule has 3 aromatic rings. The summed E-state index contributed by atoms with van der Waals surface area (Å²) in [5.74, 6) is -0.426. The summed E-state index contributed by atoms with van der Waals surface area (Å²) < 4.78 is 14.9. The molecule has 5 nitrogen and oxygen atoms in total. The normalized spacial score (nSPS) is 12.6. The molecule has 0 N–H and O–H groups in total. The first-order valence-corrected chi connectivity index (χ1v) is 8.24. The van der Waals surface area contributed by atoms with E-state index in [1.165, 1.54) is 12.1 Å². The third-order valence-electron chi connectivity index (χ3n) is 4.42. The number of carbonyl (C=O) groups is 1. The summed E-state index contributed by atoms with van der Waals surface area (Å²) in [5.41, 5.74) is 2.15. The summed E-state index contributed by atoms with van der Waals surface area (Å²) in [6, 6.07) is 8.02. The Morgan fingerprint density at radius 3 is 2.48 bits per heavy atom. The zero-order valence-corrected chi connectivity index (χ0v) is 14.8. The number of hydrogen-bond acceptors (Lipinski definition) is 3. The lowest BCUT2D eigenvalue weighted by Gasteiger charge is -2.25. The molecule has 0 aliphatic rings. The monoisotopic (exact) mass is 340 g/mol. The van der Waals surface area contributed by atoms with Crippen LogP contribution >= 0.6 is 0 Å². The SMILES string of the molecule is CC(c1ccc(F)cc1)N(C)C(=O)c1cnc2c(cnn2C(C)C)c1. The molecule has 0 aliphatic heterocycles. The first kappa shape index (κ1) is 17.1. The van der Waals surface area contributed by atoms with Crippen molar-refractivity contribution in [3.8, 4) is 0 Å². The second-order valence-corrected chi connectivity index (χ2v) is 6.46. The molecule has 3 rings (SSSR count). The van der Waals surface area contributed by atoms with Gasteiger partial charge in [-0.15, -0.1) is 0 Å². The Balaban J connectivity index is 1.86. The zero-order chi connectivity index (χ0) is 18.1. The van der Waals surface area contributed by atoms with Gasteiger partial charge in [0.2, 0.25) is 0 Å². The Hall–Kier alpha value is -2.76. The molecule has 0 spiro atoms. The van der Waals surface area contributed by atoms with Crippen molar-refractivity contribution in [1.82, 2.24) is 19.7 Å². The van der Waals surface area contributed by atoms with Crippen LogP contribution in [0.1, 0.15) is 48.8 Å². The van der Waals surface area contributed by atoms with Gasteiger partial charge < -0.3 is 4.90 Å². The molecule has 0 fully saturated rings. The number of rotatable bonds is 4. The molecule has 1 aromatic carbocycles. The van der Waals surface area contributed by atoms with E-state index in [2.05, 4.69) is 10.1 Å². The minimum Gasteiger partial charge on any atom is -0.335 e. The highest BCUT2D eigenvalue weighted by Gasteiger charge is 2.20. The van der Waals surface area contributed by atoms with E-state index in [0.717, 1.165) is 16.6 Å². The Kier molecular flexibility index (Phi) is 4.53. The standard InChI is InChI=1S/C19H21FN4O/c1-12(2)24-18-15(11-22-24)9-16(10-21-18)19(25)23(4)13(3)14-5-7-17(20)8-6-14/h5-13H,1-4H3. The lowest BCUT2D eigenvalue weighted by Crippen LogP contribution is -2.29. The molecule has 0 bridgehead atoms. The van der Waals surface area contributed by atoms with E-state index in [1.807, 2.05) is 31.5 Å². The number of carbonyl (C=O) groups excluding carboxylic acids is 1. The van der Waals surface area contributed by atoms with Crippen LogP contribution in [0.2, 0.25) is 0 Å². The van der Waals surface area contributed by atoms with E-state index >= 15 is 0 Å². The van der Waals surface area contributed by atoms with Gasteiger partial charge in [0.25, 0.3) is 5.91 Å². The van der Waals surface area contributed by atoms with Crippen molar-refractivity contribution >= 4 is 16.9 Å². The fraction of sp³-hybridized carbons (Fsp3) is 0.316. The van der Waals surface area contributed by atoms with Crippen LogP contribution in [-0.2, 0) is 0 Å². The van der Waals surface area contributed by atoms with Crippen LogP contribution in [0.3, 0.4) is 0 Å². The number of hydrogen-bond donors (Lipinski definition) is 0. The molecule has 6 heteroatoms. The summed E-state index contributed by atoms with van der Waals surface area (Å²) in [4.78, 5) is 18.8. The Morgan fingerprint density at radius 2 is 1.84 bits per heavy atom. The molecular weight excluding hydrogens is 319 g/mol. The lowest BCUT2D eigenvalue weighted by atomic mass is 10.1. The van der Waals surface area contributed by atoms with Crippen molar-refractivity contribution < 1.29 is 9.18 Å². The Bertz CT molecular complexity index is 901. The Morgan fingerprint density at radius 1 is 1.16 bits per heavy atom. The van der Waals surface area contributed by atoms with Crippen LogP contribution in [0.5, 0.6) is 0 Å². The van der Waals surface area contributed by atoms with Crippen molar-refractivity contribution in [1.29, 1.82) is 0 Å². The first-order valence-electron chi connectivity index (χ1n) is 8.24. The van der Waals surface area contributed by atoms with Gasteiger partial charge in [-0.3, -0.25) is 4.79 Å². The van der Waals surface area contributed by atoms with E-state index in [4.69, 9.17) is 0 Å². The molecule has 1 atom stereocenters. The number of nitrogens with zero attached hydrogens (tertiary/aromatic N) is 4. The fourth-order valence-corrected chi connectivity index (χ4v) is 2.78. The average molecular weight is 340 g/mol. The van der Waals surface area contributed by atoms with Gasteiger partial charge in [0.05, 0.1) is 17.8 Å². The molecule has 2 aromatic heterocycles. The summed E-state index contributed by atoms with van der Waals surface area (Å²) in [6.07, 6.45) is 3.31. The number of fused-ring (bicyclic) bond motifs is 1. The predicted molar refractivity (Wildman–Crippen MR) is 94.8 cm³/mol. The molecule has 25 heavy (non-hydrogen) atoms. The molecule has 0 aliphatic carbocycles. The van der Waals surface area contributed by atoms with E-state index in [0.29, 0.717) is 5.56 Å². The van der Waals surface area contributed by atoms with Crippen LogP contribution in [0.15, 0.2) is 42.7 Å². The smallest absolute Gasteiger partial charge is 0.255 e. The topological polar surface area (TPSA) is 51.0 Å².